The summed E-state index contributed by atoms with van der Waals surface area (Å²) in [4.78, 5) is 50.1. The lowest BCUT2D eigenvalue weighted by Crippen LogP contribution is -2.50. The highest BCUT2D eigenvalue weighted by atomic mass is 19.1. The third-order valence-electron chi connectivity index (χ3n) is 8.61. The first-order valence-corrected chi connectivity index (χ1v) is 15.3. The van der Waals surface area contributed by atoms with Crippen LogP contribution in [0.2, 0.25) is 0 Å². The summed E-state index contributed by atoms with van der Waals surface area (Å²) in [6, 6.07) is 7.24. The van der Waals surface area contributed by atoms with Crippen molar-refractivity contribution in [2.75, 3.05) is 48.3 Å². The van der Waals surface area contributed by atoms with Gasteiger partial charge in [0.2, 0.25) is 6.41 Å². The molecule has 2 aromatic carbocycles. The van der Waals surface area contributed by atoms with Gasteiger partial charge in [0.25, 0.3) is 5.91 Å². The molecule has 11 nitrogen and oxygen atoms in total. The standard InChI is InChI=1S/C30H33FN2O6.C2H5NO.C2H7N/c1-14-23(35)13-17-10-16-12-19-18(15-4-6-21(31)20(11-15)30(39)32-8-9-33(2)3)5-7-22(34)26(19)29(38)25(16)28(37)24(17)27(14)36;1-3-2-4;1-3-2/h4-7,11,14,16-17,23-24,34-35,38H,8-10,12-13H2,1-3H3,(H,32,39);2H,1H3,(H,3,4);3H,1-2H3. The second kappa shape index (κ2) is 15.9. The van der Waals surface area contributed by atoms with E-state index >= 15 is 0 Å². The van der Waals surface area contributed by atoms with Crippen molar-refractivity contribution in [3.05, 3.63) is 58.4 Å². The van der Waals surface area contributed by atoms with E-state index in [2.05, 4.69) is 16.0 Å². The molecule has 0 aliphatic heterocycles. The van der Waals surface area contributed by atoms with Crippen molar-refractivity contribution in [3.8, 4) is 16.9 Å². The summed E-state index contributed by atoms with van der Waals surface area (Å²) in [5, 5.41) is 40.1. The highest BCUT2D eigenvalue weighted by Gasteiger charge is 2.52. The molecule has 3 aliphatic carbocycles. The first-order valence-electron chi connectivity index (χ1n) is 15.3. The number of aliphatic hydroxyl groups is 2. The van der Waals surface area contributed by atoms with E-state index < -0.39 is 41.4 Å². The van der Waals surface area contributed by atoms with Gasteiger partial charge in [-0.25, -0.2) is 4.39 Å². The number of hydrogen-bond donors (Lipinski definition) is 6. The van der Waals surface area contributed by atoms with Gasteiger partial charge in [0, 0.05) is 31.6 Å². The molecule has 0 radical (unpaired) electrons. The quantitative estimate of drug-likeness (QED) is 0.205. The maximum absolute atomic E-state index is 14.7. The van der Waals surface area contributed by atoms with Gasteiger partial charge in [-0.2, -0.15) is 0 Å². The van der Waals surface area contributed by atoms with Crippen LogP contribution in [0.15, 0.2) is 35.9 Å². The minimum atomic E-state index is -0.908. The zero-order valence-corrected chi connectivity index (χ0v) is 27.2. The Kier molecular flexibility index (Phi) is 12.6. The lowest BCUT2D eigenvalue weighted by molar-refractivity contribution is -0.145. The fourth-order valence-corrected chi connectivity index (χ4v) is 6.40. The van der Waals surface area contributed by atoms with Gasteiger partial charge in [0.05, 0.1) is 23.1 Å². The molecule has 12 heteroatoms. The number of hydrogen-bond acceptors (Lipinski definition) is 9. The number of fused-ring (bicyclic) bond motifs is 3. The van der Waals surface area contributed by atoms with Crippen molar-refractivity contribution in [2.45, 2.75) is 32.3 Å². The molecule has 0 spiro atoms. The maximum atomic E-state index is 14.7. The first-order chi connectivity index (χ1) is 21.8. The summed E-state index contributed by atoms with van der Waals surface area (Å²) < 4.78 is 14.7. The van der Waals surface area contributed by atoms with Crippen molar-refractivity contribution in [3.63, 3.8) is 0 Å². The van der Waals surface area contributed by atoms with Crippen LogP contribution in [0.3, 0.4) is 0 Å². The van der Waals surface area contributed by atoms with Crippen molar-refractivity contribution in [1.29, 1.82) is 0 Å². The Labute approximate surface area is 268 Å². The Morgan fingerprint density at radius 3 is 2.35 bits per heavy atom. The Morgan fingerprint density at radius 1 is 1.09 bits per heavy atom. The molecule has 6 N–H and O–H groups in total. The molecule has 5 atom stereocenters. The summed E-state index contributed by atoms with van der Waals surface area (Å²) in [7, 11) is 9.05. The number of rotatable bonds is 6. The van der Waals surface area contributed by atoms with Gasteiger partial charge < -0.3 is 36.2 Å². The summed E-state index contributed by atoms with van der Waals surface area (Å²) in [6.07, 6.45) is 0.873. The zero-order valence-electron chi connectivity index (χ0n) is 27.2. The van der Waals surface area contributed by atoms with Crippen LogP contribution in [-0.2, 0) is 20.8 Å². The second-order valence-corrected chi connectivity index (χ2v) is 12.1. The van der Waals surface area contributed by atoms with Crippen LogP contribution < -0.4 is 16.0 Å². The number of Topliss-reactive ketones (excluding diaryl/α,β-unsaturated/α-hetero) is 2. The Balaban J connectivity index is 0.000000751. The number of nitrogens with zero attached hydrogens (tertiary/aromatic N) is 1. The van der Waals surface area contributed by atoms with E-state index in [1.807, 2.05) is 33.1 Å². The molecule has 0 bridgehead atoms. The highest BCUT2D eigenvalue weighted by Crippen LogP contribution is 2.51. The number of carbonyl (C=O) groups is 4. The number of likely N-dealkylation sites (N-methyl/N-ethyl adjacent to an activating group) is 1. The number of carbonyl (C=O) groups excluding carboxylic acids is 4. The second-order valence-electron chi connectivity index (χ2n) is 12.1. The summed E-state index contributed by atoms with van der Waals surface area (Å²) >= 11 is 0. The lowest BCUT2D eigenvalue weighted by Gasteiger charge is -2.44. The van der Waals surface area contributed by atoms with Crippen LogP contribution >= 0.6 is 0 Å². The molecule has 3 aliphatic rings. The molecule has 250 valence electrons. The van der Waals surface area contributed by atoms with E-state index in [1.54, 1.807) is 20.0 Å². The van der Waals surface area contributed by atoms with Crippen molar-refractivity contribution < 1.29 is 38.9 Å². The molecule has 2 aromatic rings. The topological polar surface area (TPSA) is 168 Å². The Bertz CT molecular complexity index is 1490. The monoisotopic (exact) mass is 640 g/mol. The number of nitrogens with one attached hydrogen (secondary N) is 3. The maximum Gasteiger partial charge on any atom is 0.254 e. The van der Waals surface area contributed by atoms with E-state index in [9.17, 15) is 34.1 Å². The van der Waals surface area contributed by atoms with Crippen molar-refractivity contribution >= 4 is 29.6 Å². The SMILES string of the molecule is CC1C(=O)C2C(=O)C3=C(O)c4c(O)ccc(-c5ccc(F)c(C(=O)NCCN(C)C)c5)c4CC3CC2CC1O.CNC.CNC=O. The smallest absolute Gasteiger partial charge is 0.254 e. The summed E-state index contributed by atoms with van der Waals surface area (Å²) in [5.74, 6) is -4.83. The Morgan fingerprint density at radius 2 is 1.74 bits per heavy atom. The average molecular weight is 641 g/mol. The predicted octanol–water partition coefficient (Wildman–Crippen LogP) is 2.30. The molecule has 46 heavy (non-hydrogen) atoms. The van der Waals surface area contributed by atoms with Crippen LogP contribution in [0.1, 0.15) is 41.3 Å². The molecule has 5 unspecified atom stereocenters. The number of aliphatic hydroxyl groups excluding tert-OH is 2. The number of halogens is 1. The lowest BCUT2D eigenvalue weighted by atomic mass is 9.59. The fourth-order valence-electron chi connectivity index (χ4n) is 6.40. The minimum Gasteiger partial charge on any atom is -0.507 e. The van der Waals surface area contributed by atoms with E-state index in [0.29, 0.717) is 55.5 Å². The van der Waals surface area contributed by atoms with Crippen LogP contribution in [0.5, 0.6) is 5.75 Å². The number of phenols is 1. The molecular weight excluding hydrogens is 595 g/mol. The zero-order chi connectivity index (χ0) is 34.3. The van der Waals surface area contributed by atoms with E-state index in [0.717, 1.165) is 0 Å². The molecule has 5 rings (SSSR count). The van der Waals surface area contributed by atoms with Crippen molar-refractivity contribution in [1.82, 2.24) is 20.9 Å². The van der Waals surface area contributed by atoms with Gasteiger partial charge in [-0.15, -0.1) is 0 Å². The molecule has 0 heterocycles. The molecule has 2 fully saturated rings. The normalized spacial score (nSPS) is 23.1. The van der Waals surface area contributed by atoms with Crippen LogP contribution in [0, 0.1) is 29.5 Å². The van der Waals surface area contributed by atoms with Gasteiger partial charge in [0.1, 0.15) is 23.1 Å². The first kappa shape index (κ1) is 36.3. The van der Waals surface area contributed by atoms with E-state index in [4.69, 9.17) is 4.79 Å². The summed E-state index contributed by atoms with van der Waals surface area (Å²) in [6.45, 7) is 2.56. The molecular formula is C34H45FN4O7. The predicted molar refractivity (Wildman–Crippen MR) is 173 cm³/mol. The number of allylic oxidation sites excluding steroid dienone is 1. The highest BCUT2D eigenvalue weighted by molar-refractivity contribution is 6.16. The van der Waals surface area contributed by atoms with Crippen LogP contribution in [0.4, 0.5) is 4.39 Å². The third-order valence-corrected chi connectivity index (χ3v) is 8.61. The van der Waals surface area contributed by atoms with E-state index in [-0.39, 0.29) is 39.9 Å². The van der Waals surface area contributed by atoms with Gasteiger partial charge in [-0.3, -0.25) is 19.2 Å². The summed E-state index contributed by atoms with van der Waals surface area (Å²) in [5.41, 5.74) is 1.84. The number of aromatic hydroxyl groups is 1. The van der Waals surface area contributed by atoms with Crippen LogP contribution in [-0.4, -0.2) is 98.5 Å². The fraction of sp³-hybridized carbons (Fsp3) is 0.471. The molecule has 0 aromatic heterocycles. The van der Waals surface area contributed by atoms with Gasteiger partial charge in [0.15, 0.2) is 5.78 Å². The molecule has 2 saturated carbocycles. The molecule has 2 amide bonds. The number of amides is 2. The number of phenolic OH excluding ortho intramolecular Hbond substituents is 1. The van der Waals surface area contributed by atoms with Gasteiger partial charge >= 0.3 is 0 Å². The Hall–Kier alpha value is -4.13. The van der Waals surface area contributed by atoms with Gasteiger partial charge in [-0.05, 0) is 94.2 Å². The largest absolute Gasteiger partial charge is 0.507 e. The van der Waals surface area contributed by atoms with Crippen molar-refractivity contribution in [2.24, 2.45) is 23.7 Å². The van der Waals surface area contributed by atoms with Gasteiger partial charge in [-0.1, -0.05) is 19.1 Å². The average Bonchev–Trinajstić information content (AvgIpc) is 3.00. The van der Waals surface area contributed by atoms with Crippen LogP contribution in [0.25, 0.3) is 16.9 Å². The third kappa shape index (κ3) is 7.63. The minimum absolute atomic E-state index is 0.114. The molecule has 0 saturated heterocycles. The number of ketones is 2. The van der Waals surface area contributed by atoms with E-state index in [1.165, 1.54) is 24.3 Å². The number of benzene rings is 2.